The molecule has 0 amide bonds. The highest BCUT2D eigenvalue weighted by Gasteiger charge is 2.32. The topological polar surface area (TPSA) is 94.1 Å². The van der Waals surface area contributed by atoms with Crippen LogP contribution in [-0.2, 0) is 5.75 Å². The Balaban J connectivity index is 1.78. The fourth-order valence-corrected chi connectivity index (χ4v) is 4.72. The predicted molar refractivity (Wildman–Crippen MR) is 113 cm³/mol. The number of aliphatic hydroxyl groups is 1. The average Bonchev–Trinajstić information content (AvgIpc) is 2.68. The van der Waals surface area contributed by atoms with Gasteiger partial charge in [0.25, 0.3) is 0 Å². The Morgan fingerprint density at radius 3 is 2.66 bits per heavy atom. The van der Waals surface area contributed by atoms with Crippen LogP contribution < -0.4 is 5.43 Å². The largest absolute Gasteiger partial charge is 0.507 e. The lowest BCUT2D eigenvalue weighted by atomic mass is 9.85. The summed E-state index contributed by atoms with van der Waals surface area (Å²) in [6.45, 7) is 1.20. The SMILES string of the molecule is CN1CC[C@@H](c2c(O)cc(O)c3c(=O)cc(SCc4ccccc4)oc23)[C@@H](O)C1. The number of β-amino-alcohol motifs (C(OH)–C–C–N with tert-alkyl or cyclic N) is 1. The molecule has 3 N–H and O–H groups in total. The number of aromatic hydroxyl groups is 2. The van der Waals surface area contributed by atoms with Crippen LogP contribution in [0.5, 0.6) is 11.5 Å². The number of aliphatic hydroxyl groups excluding tert-OH is 1. The zero-order chi connectivity index (χ0) is 20.5. The number of likely N-dealkylation sites (N-methyl/N-ethyl adjacent to an activating group) is 1. The lowest BCUT2D eigenvalue weighted by Gasteiger charge is -2.34. The van der Waals surface area contributed by atoms with Crippen molar-refractivity contribution in [3.63, 3.8) is 0 Å². The minimum Gasteiger partial charge on any atom is -0.507 e. The molecule has 2 atom stereocenters. The molecule has 6 nitrogen and oxygen atoms in total. The molecule has 1 saturated heterocycles. The number of likely N-dealkylation sites (tertiary alicyclic amines) is 1. The van der Waals surface area contributed by atoms with Gasteiger partial charge in [-0.1, -0.05) is 42.1 Å². The molecular weight excluding hydrogens is 390 g/mol. The van der Waals surface area contributed by atoms with Gasteiger partial charge in [0.15, 0.2) is 10.5 Å². The van der Waals surface area contributed by atoms with Crippen LogP contribution in [0.3, 0.4) is 0 Å². The van der Waals surface area contributed by atoms with Gasteiger partial charge in [-0.25, -0.2) is 0 Å². The summed E-state index contributed by atoms with van der Waals surface area (Å²) in [5, 5.41) is 31.9. The molecule has 7 heteroatoms. The number of rotatable bonds is 4. The van der Waals surface area contributed by atoms with Crippen LogP contribution in [0.4, 0.5) is 0 Å². The molecule has 1 fully saturated rings. The lowest BCUT2D eigenvalue weighted by Crippen LogP contribution is -2.40. The normalized spacial score (nSPS) is 20.2. The van der Waals surface area contributed by atoms with Crippen molar-refractivity contribution in [1.82, 2.24) is 4.90 Å². The number of hydrogen-bond acceptors (Lipinski definition) is 7. The second-order valence-electron chi connectivity index (χ2n) is 7.46. The van der Waals surface area contributed by atoms with Crippen molar-refractivity contribution in [2.24, 2.45) is 0 Å². The Hall–Kier alpha value is -2.48. The molecule has 0 spiro atoms. The van der Waals surface area contributed by atoms with Crippen molar-refractivity contribution in [2.45, 2.75) is 29.3 Å². The van der Waals surface area contributed by atoms with Gasteiger partial charge in [0.2, 0.25) is 0 Å². The summed E-state index contributed by atoms with van der Waals surface area (Å²) in [6.07, 6.45) is -0.103. The molecule has 0 aliphatic carbocycles. The Bertz CT molecular complexity index is 1080. The highest BCUT2D eigenvalue weighted by molar-refractivity contribution is 7.98. The van der Waals surface area contributed by atoms with E-state index in [1.165, 1.54) is 17.8 Å². The van der Waals surface area contributed by atoms with Crippen LogP contribution in [0.1, 0.15) is 23.5 Å². The maximum absolute atomic E-state index is 12.7. The molecule has 4 rings (SSSR count). The Labute approximate surface area is 172 Å². The quantitative estimate of drug-likeness (QED) is 0.565. The summed E-state index contributed by atoms with van der Waals surface area (Å²) in [7, 11) is 1.92. The molecule has 0 saturated carbocycles. The van der Waals surface area contributed by atoms with E-state index in [2.05, 4.69) is 0 Å². The minimum absolute atomic E-state index is 0.0352. The second-order valence-corrected chi connectivity index (χ2v) is 8.44. The summed E-state index contributed by atoms with van der Waals surface area (Å²) in [6, 6.07) is 12.3. The Kier molecular flexibility index (Phi) is 5.54. The van der Waals surface area contributed by atoms with Gasteiger partial charge in [-0.05, 0) is 25.6 Å². The molecule has 0 radical (unpaired) electrons. The predicted octanol–water partition coefficient (Wildman–Crippen LogP) is 3.28. The van der Waals surface area contributed by atoms with E-state index in [0.29, 0.717) is 29.4 Å². The Morgan fingerprint density at radius 1 is 1.17 bits per heavy atom. The van der Waals surface area contributed by atoms with Gasteiger partial charge in [-0.2, -0.15) is 0 Å². The first kappa shape index (κ1) is 19.8. The number of benzene rings is 2. The van der Waals surface area contributed by atoms with Gasteiger partial charge in [0.05, 0.1) is 6.10 Å². The van der Waals surface area contributed by atoms with Gasteiger partial charge >= 0.3 is 0 Å². The third-order valence-electron chi connectivity index (χ3n) is 5.35. The molecule has 29 heavy (non-hydrogen) atoms. The highest BCUT2D eigenvalue weighted by Crippen LogP contribution is 2.42. The first-order valence-corrected chi connectivity index (χ1v) is 10.5. The van der Waals surface area contributed by atoms with Crippen molar-refractivity contribution < 1.29 is 19.7 Å². The third kappa shape index (κ3) is 3.99. The zero-order valence-corrected chi connectivity index (χ0v) is 16.9. The number of piperidine rings is 1. The fraction of sp³-hybridized carbons (Fsp3) is 0.318. The zero-order valence-electron chi connectivity index (χ0n) is 16.0. The van der Waals surface area contributed by atoms with Crippen molar-refractivity contribution in [3.05, 3.63) is 63.8 Å². The maximum Gasteiger partial charge on any atom is 0.197 e. The molecule has 3 aromatic rings. The molecule has 0 unspecified atom stereocenters. The van der Waals surface area contributed by atoms with E-state index in [-0.39, 0.29) is 33.8 Å². The lowest BCUT2D eigenvalue weighted by molar-refractivity contribution is 0.0630. The summed E-state index contributed by atoms with van der Waals surface area (Å²) >= 11 is 1.37. The van der Waals surface area contributed by atoms with Crippen molar-refractivity contribution >= 4 is 22.7 Å². The van der Waals surface area contributed by atoms with Gasteiger partial charge in [-0.3, -0.25) is 4.79 Å². The third-order valence-corrected chi connectivity index (χ3v) is 6.32. The van der Waals surface area contributed by atoms with Crippen LogP contribution >= 0.6 is 11.8 Å². The van der Waals surface area contributed by atoms with Crippen molar-refractivity contribution in [2.75, 3.05) is 20.1 Å². The number of phenols is 2. The standard InChI is InChI=1S/C22H23NO5S/c1-23-8-7-14(18(27)11-23)20-15(24)9-16(25)21-17(26)10-19(28-22(20)21)29-12-13-5-3-2-4-6-13/h2-6,9-10,14,18,24-25,27H,7-8,11-12H2,1H3/t14-,18+/m1/s1. The number of thioether (sulfide) groups is 1. The molecule has 2 aromatic carbocycles. The minimum atomic E-state index is -0.710. The van der Waals surface area contributed by atoms with Crippen molar-refractivity contribution in [3.8, 4) is 11.5 Å². The van der Waals surface area contributed by atoms with Crippen LogP contribution in [-0.4, -0.2) is 46.5 Å². The van der Waals surface area contributed by atoms with Gasteiger partial charge in [0.1, 0.15) is 22.5 Å². The summed E-state index contributed by atoms with van der Waals surface area (Å²) in [5.74, 6) is -0.257. The van der Waals surface area contributed by atoms with Crippen LogP contribution in [0, 0.1) is 0 Å². The van der Waals surface area contributed by atoms with Crippen LogP contribution in [0.25, 0.3) is 11.0 Å². The van der Waals surface area contributed by atoms with Crippen molar-refractivity contribution in [1.29, 1.82) is 0 Å². The first-order chi connectivity index (χ1) is 13.9. The monoisotopic (exact) mass is 413 g/mol. The van der Waals surface area contributed by atoms with E-state index in [9.17, 15) is 20.1 Å². The summed E-state index contributed by atoms with van der Waals surface area (Å²) in [4.78, 5) is 14.7. The van der Waals surface area contributed by atoms with Crippen LogP contribution in [0.15, 0.2) is 56.8 Å². The van der Waals surface area contributed by atoms with Gasteiger partial charge in [-0.15, -0.1) is 0 Å². The molecule has 0 bridgehead atoms. The number of fused-ring (bicyclic) bond motifs is 1. The average molecular weight is 413 g/mol. The maximum atomic E-state index is 12.7. The van der Waals surface area contributed by atoms with Gasteiger partial charge in [0, 0.05) is 35.9 Å². The first-order valence-electron chi connectivity index (χ1n) is 9.50. The molecule has 1 aromatic heterocycles. The summed E-state index contributed by atoms with van der Waals surface area (Å²) in [5.41, 5.74) is 1.25. The molecule has 152 valence electrons. The fourth-order valence-electron chi connectivity index (χ4n) is 3.88. The Morgan fingerprint density at radius 2 is 1.93 bits per heavy atom. The van der Waals surface area contributed by atoms with E-state index >= 15 is 0 Å². The van der Waals surface area contributed by atoms with E-state index in [1.807, 2.05) is 42.3 Å². The van der Waals surface area contributed by atoms with E-state index in [0.717, 1.165) is 18.2 Å². The highest BCUT2D eigenvalue weighted by atomic mass is 32.2. The summed E-state index contributed by atoms with van der Waals surface area (Å²) < 4.78 is 6.00. The van der Waals surface area contributed by atoms with Crippen LogP contribution in [0.2, 0.25) is 0 Å². The second kappa shape index (κ2) is 8.10. The van der Waals surface area contributed by atoms with Gasteiger partial charge < -0.3 is 24.6 Å². The van der Waals surface area contributed by atoms with E-state index < -0.39 is 6.10 Å². The number of phenolic OH excluding ortho intramolecular Hbond substituents is 2. The number of nitrogens with zero attached hydrogens (tertiary/aromatic N) is 1. The molecule has 1 aliphatic rings. The molecular formula is C22H23NO5S. The molecule has 1 aliphatic heterocycles. The number of hydrogen-bond donors (Lipinski definition) is 3. The van der Waals surface area contributed by atoms with E-state index in [1.54, 1.807) is 0 Å². The molecule has 2 heterocycles. The smallest absolute Gasteiger partial charge is 0.197 e. The van der Waals surface area contributed by atoms with E-state index in [4.69, 9.17) is 4.42 Å².